The van der Waals surface area contributed by atoms with Crippen molar-refractivity contribution in [2.75, 3.05) is 27.3 Å². The largest absolute Gasteiger partial charge is 0.493 e. The lowest BCUT2D eigenvalue weighted by Crippen LogP contribution is -2.51. The van der Waals surface area contributed by atoms with Crippen LogP contribution < -0.4 is 9.47 Å². The topological polar surface area (TPSA) is 59.0 Å². The van der Waals surface area contributed by atoms with E-state index in [9.17, 15) is 4.79 Å². The van der Waals surface area contributed by atoms with Crippen molar-refractivity contribution in [2.24, 2.45) is 11.8 Å². The standard InChI is InChI=1S/C16H23NO4/c1-10(16(18)19)13-8-17(9-13)11(2)12-5-6-14(20-3)15(7-12)21-4/h5-7,10-11,13H,8-9H2,1-4H3,(H,18,19). The van der Waals surface area contributed by atoms with E-state index in [2.05, 4.69) is 11.8 Å². The molecule has 2 unspecified atom stereocenters. The minimum atomic E-state index is -0.710. The van der Waals surface area contributed by atoms with Gasteiger partial charge in [-0.15, -0.1) is 0 Å². The number of carboxylic acids is 1. The van der Waals surface area contributed by atoms with Crippen LogP contribution in [0.15, 0.2) is 18.2 Å². The fourth-order valence-electron chi connectivity index (χ4n) is 2.71. The van der Waals surface area contributed by atoms with Gasteiger partial charge in [0.05, 0.1) is 20.1 Å². The summed E-state index contributed by atoms with van der Waals surface area (Å²) in [4.78, 5) is 13.3. The van der Waals surface area contributed by atoms with E-state index < -0.39 is 5.97 Å². The van der Waals surface area contributed by atoms with E-state index in [-0.39, 0.29) is 17.9 Å². The third-order valence-corrected chi connectivity index (χ3v) is 4.47. The Labute approximate surface area is 125 Å². The first-order valence-corrected chi connectivity index (χ1v) is 7.16. The van der Waals surface area contributed by atoms with E-state index in [1.54, 1.807) is 21.1 Å². The van der Waals surface area contributed by atoms with E-state index in [1.807, 2.05) is 18.2 Å². The molecule has 1 aromatic carbocycles. The first kappa shape index (κ1) is 15.6. The van der Waals surface area contributed by atoms with Gasteiger partial charge >= 0.3 is 5.97 Å². The molecule has 2 rings (SSSR count). The molecule has 0 bridgehead atoms. The maximum Gasteiger partial charge on any atom is 0.306 e. The SMILES string of the molecule is COc1ccc(C(C)N2CC(C(C)C(=O)O)C2)cc1OC. The Kier molecular flexibility index (Phi) is 4.73. The smallest absolute Gasteiger partial charge is 0.306 e. The van der Waals surface area contributed by atoms with Crippen molar-refractivity contribution in [3.8, 4) is 11.5 Å². The van der Waals surface area contributed by atoms with Crippen LogP contribution in [0.4, 0.5) is 0 Å². The average Bonchev–Trinajstić information content (AvgIpc) is 2.44. The molecule has 1 heterocycles. The number of aliphatic carboxylic acids is 1. The molecular formula is C16H23NO4. The number of carboxylic acid groups (broad SMARTS) is 1. The molecule has 2 atom stereocenters. The summed E-state index contributed by atoms with van der Waals surface area (Å²) < 4.78 is 10.6. The van der Waals surface area contributed by atoms with Crippen LogP contribution in [0.5, 0.6) is 11.5 Å². The highest BCUT2D eigenvalue weighted by atomic mass is 16.5. The first-order chi connectivity index (χ1) is 9.97. The molecular weight excluding hydrogens is 270 g/mol. The van der Waals surface area contributed by atoms with Gasteiger partial charge in [0.2, 0.25) is 0 Å². The fourth-order valence-corrected chi connectivity index (χ4v) is 2.71. The zero-order chi connectivity index (χ0) is 15.6. The first-order valence-electron chi connectivity index (χ1n) is 7.16. The number of methoxy groups -OCH3 is 2. The van der Waals surface area contributed by atoms with E-state index in [4.69, 9.17) is 14.6 Å². The molecule has 0 amide bonds. The Morgan fingerprint density at radius 2 is 1.86 bits per heavy atom. The molecule has 116 valence electrons. The number of carbonyl (C=O) groups is 1. The van der Waals surface area contributed by atoms with Gasteiger partial charge in [-0.1, -0.05) is 13.0 Å². The van der Waals surface area contributed by atoms with E-state index in [0.717, 1.165) is 30.2 Å². The molecule has 5 heteroatoms. The Balaban J connectivity index is 2.02. The number of hydrogen-bond acceptors (Lipinski definition) is 4. The van der Waals surface area contributed by atoms with Crippen LogP contribution in [0.1, 0.15) is 25.5 Å². The quantitative estimate of drug-likeness (QED) is 0.873. The summed E-state index contributed by atoms with van der Waals surface area (Å²) in [6.45, 7) is 5.56. The van der Waals surface area contributed by atoms with Gasteiger partial charge in [-0.05, 0) is 30.5 Å². The minimum Gasteiger partial charge on any atom is -0.493 e. The van der Waals surface area contributed by atoms with Gasteiger partial charge in [0.15, 0.2) is 11.5 Å². The number of ether oxygens (including phenoxy) is 2. The lowest BCUT2D eigenvalue weighted by Gasteiger charge is -2.45. The molecule has 0 aromatic heterocycles. The van der Waals surface area contributed by atoms with Gasteiger partial charge < -0.3 is 14.6 Å². The summed E-state index contributed by atoms with van der Waals surface area (Å²) in [6.07, 6.45) is 0. The van der Waals surface area contributed by atoms with Crippen molar-refractivity contribution in [3.05, 3.63) is 23.8 Å². The van der Waals surface area contributed by atoms with Crippen molar-refractivity contribution < 1.29 is 19.4 Å². The number of hydrogen-bond donors (Lipinski definition) is 1. The van der Waals surface area contributed by atoms with Crippen LogP contribution in [0, 0.1) is 11.8 Å². The number of rotatable bonds is 6. The van der Waals surface area contributed by atoms with E-state index in [0.29, 0.717) is 0 Å². The molecule has 0 radical (unpaired) electrons. The zero-order valence-electron chi connectivity index (χ0n) is 13.0. The molecule has 0 saturated carbocycles. The average molecular weight is 293 g/mol. The number of likely N-dealkylation sites (tertiary alicyclic amines) is 1. The van der Waals surface area contributed by atoms with E-state index >= 15 is 0 Å². The third-order valence-electron chi connectivity index (χ3n) is 4.47. The molecule has 0 spiro atoms. The Bertz CT molecular complexity index is 511. The highest BCUT2D eigenvalue weighted by Crippen LogP contribution is 2.35. The van der Waals surface area contributed by atoms with Crippen LogP contribution in [0.25, 0.3) is 0 Å². The van der Waals surface area contributed by atoms with Crippen molar-refractivity contribution in [1.82, 2.24) is 4.90 Å². The fraction of sp³-hybridized carbons (Fsp3) is 0.562. The third kappa shape index (κ3) is 3.13. The molecule has 0 aliphatic carbocycles. The number of nitrogens with zero attached hydrogens (tertiary/aromatic N) is 1. The van der Waals surface area contributed by atoms with Crippen LogP contribution in [-0.2, 0) is 4.79 Å². The van der Waals surface area contributed by atoms with Crippen molar-refractivity contribution in [2.45, 2.75) is 19.9 Å². The number of benzene rings is 1. The highest BCUT2D eigenvalue weighted by Gasteiger charge is 2.37. The molecule has 1 aliphatic rings. The second-order valence-corrected chi connectivity index (χ2v) is 5.63. The van der Waals surface area contributed by atoms with Crippen molar-refractivity contribution in [1.29, 1.82) is 0 Å². The summed E-state index contributed by atoms with van der Waals surface area (Å²) in [5.41, 5.74) is 1.15. The molecule has 1 fully saturated rings. The monoisotopic (exact) mass is 293 g/mol. The van der Waals surface area contributed by atoms with Crippen LogP contribution in [0.3, 0.4) is 0 Å². The maximum absolute atomic E-state index is 11.0. The van der Waals surface area contributed by atoms with Crippen LogP contribution >= 0.6 is 0 Å². The minimum absolute atomic E-state index is 0.238. The van der Waals surface area contributed by atoms with Gasteiger partial charge in [0.1, 0.15) is 0 Å². The molecule has 1 aromatic rings. The van der Waals surface area contributed by atoms with Crippen molar-refractivity contribution in [3.63, 3.8) is 0 Å². The van der Waals surface area contributed by atoms with Crippen LogP contribution in [-0.4, -0.2) is 43.3 Å². The summed E-state index contributed by atoms with van der Waals surface area (Å²) in [5.74, 6) is 0.689. The predicted octanol–water partition coefficient (Wildman–Crippen LogP) is 2.42. The Hall–Kier alpha value is -1.75. The van der Waals surface area contributed by atoms with Crippen LogP contribution in [0.2, 0.25) is 0 Å². The summed E-state index contributed by atoms with van der Waals surface area (Å²) in [6, 6.07) is 6.15. The molecule has 21 heavy (non-hydrogen) atoms. The highest BCUT2D eigenvalue weighted by molar-refractivity contribution is 5.70. The van der Waals surface area contributed by atoms with Crippen molar-refractivity contribution >= 4 is 5.97 Å². The molecule has 1 N–H and O–H groups in total. The predicted molar refractivity (Wildman–Crippen MR) is 79.8 cm³/mol. The van der Waals surface area contributed by atoms with Gasteiger partial charge in [-0.3, -0.25) is 9.69 Å². The second kappa shape index (κ2) is 6.35. The zero-order valence-corrected chi connectivity index (χ0v) is 13.0. The molecule has 1 aliphatic heterocycles. The van der Waals surface area contributed by atoms with Gasteiger partial charge in [0.25, 0.3) is 0 Å². The van der Waals surface area contributed by atoms with Gasteiger partial charge in [0, 0.05) is 19.1 Å². The Morgan fingerprint density at radius 1 is 1.24 bits per heavy atom. The lowest BCUT2D eigenvalue weighted by molar-refractivity contribution is -0.146. The maximum atomic E-state index is 11.0. The van der Waals surface area contributed by atoms with Gasteiger partial charge in [-0.25, -0.2) is 0 Å². The van der Waals surface area contributed by atoms with E-state index in [1.165, 1.54) is 0 Å². The normalized spacial score (nSPS) is 18.7. The second-order valence-electron chi connectivity index (χ2n) is 5.63. The summed E-state index contributed by atoms with van der Waals surface area (Å²) in [7, 11) is 3.24. The Morgan fingerprint density at radius 3 is 2.38 bits per heavy atom. The lowest BCUT2D eigenvalue weighted by atomic mass is 9.85. The molecule has 1 saturated heterocycles. The molecule has 5 nitrogen and oxygen atoms in total. The summed E-state index contributed by atoms with van der Waals surface area (Å²) >= 11 is 0. The van der Waals surface area contributed by atoms with Gasteiger partial charge in [-0.2, -0.15) is 0 Å². The summed E-state index contributed by atoms with van der Waals surface area (Å²) in [5, 5.41) is 9.04.